The summed E-state index contributed by atoms with van der Waals surface area (Å²) in [6, 6.07) is 13.8. The molecule has 2 fully saturated rings. The fraction of sp³-hybridized carbons (Fsp3) is 0.348. The number of morpholine rings is 1. The average molecular weight is 452 g/mol. The predicted molar refractivity (Wildman–Crippen MR) is 122 cm³/mol. The minimum Gasteiger partial charge on any atom is -0.378 e. The van der Waals surface area contributed by atoms with Crippen molar-refractivity contribution in [2.24, 2.45) is 0 Å². The number of hydrogen-bond donors (Lipinski definition) is 0. The number of urea groups is 1. The molecule has 0 saturated carbocycles. The second-order valence-corrected chi connectivity index (χ2v) is 8.76. The number of nitrogens with zero attached hydrogens (tertiary/aromatic N) is 5. The third-order valence-electron chi connectivity index (χ3n) is 5.84. The number of benzene rings is 1. The summed E-state index contributed by atoms with van der Waals surface area (Å²) < 4.78 is 7.10. The molecule has 32 heavy (non-hydrogen) atoms. The number of carbonyl (C=O) groups is 2. The number of ether oxygens (including phenoxy) is 1. The smallest absolute Gasteiger partial charge is 0.320 e. The number of carbonyl (C=O) groups excluding carboxylic acids is 2. The van der Waals surface area contributed by atoms with Gasteiger partial charge in [0.25, 0.3) is 5.91 Å². The van der Waals surface area contributed by atoms with E-state index in [9.17, 15) is 9.59 Å². The first-order valence-corrected chi connectivity index (χ1v) is 11.7. The second kappa shape index (κ2) is 9.13. The van der Waals surface area contributed by atoms with Crippen LogP contribution in [0.15, 0.2) is 54.0 Å². The molecule has 0 aliphatic carbocycles. The molecule has 1 aromatic carbocycles. The number of piperazine rings is 1. The summed E-state index contributed by atoms with van der Waals surface area (Å²) in [5, 5.41) is 6.73. The van der Waals surface area contributed by atoms with Crippen molar-refractivity contribution in [3.05, 3.63) is 59.6 Å². The molecule has 0 radical (unpaired) electrons. The van der Waals surface area contributed by atoms with Crippen molar-refractivity contribution in [3.63, 3.8) is 0 Å². The lowest BCUT2D eigenvalue weighted by molar-refractivity contribution is 0.0363. The van der Waals surface area contributed by atoms with Gasteiger partial charge in [0.1, 0.15) is 5.69 Å². The van der Waals surface area contributed by atoms with E-state index in [1.54, 1.807) is 16.0 Å². The van der Waals surface area contributed by atoms with Crippen LogP contribution in [-0.2, 0) is 4.74 Å². The van der Waals surface area contributed by atoms with Crippen molar-refractivity contribution in [1.29, 1.82) is 0 Å². The van der Waals surface area contributed by atoms with Gasteiger partial charge in [0, 0.05) is 45.5 Å². The summed E-state index contributed by atoms with van der Waals surface area (Å²) in [6.07, 6.45) is 1.82. The zero-order chi connectivity index (χ0) is 21.9. The molecule has 0 bridgehead atoms. The number of rotatable bonds is 3. The fourth-order valence-electron chi connectivity index (χ4n) is 4.06. The maximum Gasteiger partial charge on any atom is 0.320 e. The van der Waals surface area contributed by atoms with Crippen LogP contribution in [0.25, 0.3) is 16.3 Å². The van der Waals surface area contributed by atoms with Crippen LogP contribution in [0.4, 0.5) is 4.79 Å². The number of amides is 3. The summed E-state index contributed by atoms with van der Waals surface area (Å²) in [5.74, 6) is -0.0472. The highest BCUT2D eigenvalue weighted by Gasteiger charge is 2.30. The zero-order valence-electron chi connectivity index (χ0n) is 17.7. The Labute approximate surface area is 190 Å². The Morgan fingerprint density at radius 3 is 2.22 bits per heavy atom. The topological polar surface area (TPSA) is 70.9 Å². The highest BCUT2D eigenvalue weighted by Crippen LogP contribution is 2.29. The molecule has 0 spiro atoms. The quantitative estimate of drug-likeness (QED) is 0.614. The van der Waals surface area contributed by atoms with Crippen molar-refractivity contribution >= 4 is 23.3 Å². The van der Waals surface area contributed by atoms with Crippen LogP contribution in [0, 0.1) is 0 Å². The summed E-state index contributed by atoms with van der Waals surface area (Å²) in [5.41, 5.74) is 2.19. The minimum absolute atomic E-state index is 0.0385. The van der Waals surface area contributed by atoms with Gasteiger partial charge in [-0.3, -0.25) is 4.79 Å². The lowest BCUT2D eigenvalue weighted by atomic mass is 10.1. The lowest BCUT2D eigenvalue weighted by Crippen LogP contribution is -2.55. The van der Waals surface area contributed by atoms with E-state index in [1.165, 1.54) is 0 Å². The van der Waals surface area contributed by atoms with Gasteiger partial charge in [0.2, 0.25) is 0 Å². The summed E-state index contributed by atoms with van der Waals surface area (Å²) in [7, 11) is 0. The van der Waals surface area contributed by atoms with Crippen LogP contribution in [0.3, 0.4) is 0 Å². The Morgan fingerprint density at radius 1 is 0.844 bits per heavy atom. The molecule has 3 amide bonds. The first-order valence-electron chi connectivity index (χ1n) is 10.8. The van der Waals surface area contributed by atoms with Crippen LogP contribution in [0.2, 0.25) is 0 Å². The largest absolute Gasteiger partial charge is 0.378 e. The molecular formula is C23H25N5O3S. The molecule has 0 atom stereocenters. The third-order valence-corrected chi connectivity index (χ3v) is 6.72. The first-order chi connectivity index (χ1) is 15.7. The van der Waals surface area contributed by atoms with E-state index >= 15 is 0 Å². The van der Waals surface area contributed by atoms with E-state index in [2.05, 4.69) is 0 Å². The first kappa shape index (κ1) is 20.7. The molecular weight excluding hydrogens is 426 g/mol. The molecule has 0 N–H and O–H groups in total. The number of thiophene rings is 1. The molecule has 9 heteroatoms. The Morgan fingerprint density at radius 2 is 1.53 bits per heavy atom. The highest BCUT2D eigenvalue weighted by molar-refractivity contribution is 7.13. The Hall–Kier alpha value is -3.17. The number of aromatic nitrogens is 2. The van der Waals surface area contributed by atoms with Gasteiger partial charge in [0.15, 0.2) is 0 Å². The second-order valence-electron chi connectivity index (χ2n) is 7.81. The maximum absolute atomic E-state index is 13.5. The SMILES string of the molecule is O=C(c1cn(-c2ccccc2)nc1-c1cccs1)N1CCN(C(=O)N2CCOCC2)CC1. The van der Waals surface area contributed by atoms with Gasteiger partial charge >= 0.3 is 6.03 Å². The Kier molecular flexibility index (Phi) is 5.91. The fourth-order valence-corrected chi connectivity index (χ4v) is 4.79. The molecule has 166 valence electrons. The Bertz CT molecular complexity index is 1070. The van der Waals surface area contributed by atoms with Gasteiger partial charge in [-0.05, 0) is 23.6 Å². The number of hydrogen-bond acceptors (Lipinski definition) is 5. The Balaban J connectivity index is 1.33. The van der Waals surface area contributed by atoms with Crippen molar-refractivity contribution in [2.45, 2.75) is 0 Å². The molecule has 3 aromatic rings. The van der Waals surface area contributed by atoms with Crippen LogP contribution < -0.4 is 0 Å². The standard InChI is InChI=1S/C23H25N5O3S/c29-22(25-8-10-26(11-9-25)23(30)27-12-14-31-15-13-27)19-17-28(18-5-2-1-3-6-18)24-21(19)20-7-4-16-32-20/h1-7,16-17H,8-15H2. The maximum atomic E-state index is 13.5. The minimum atomic E-state index is -0.0472. The molecule has 5 rings (SSSR count). The van der Waals surface area contributed by atoms with Gasteiger partial charge in [-0.1, -0.05) is 24.3 Å². The molecule has 2 aromatic heterocycles. The highest BCUT2D eigenvalue weighted by atomic mass is 32.1. The molecule has 2 aliphatic rings. The zero-order valence-corrected chi connectivity index (χ0v) is 18.5. The summed E-state index contributed by atoms with van der Waals surface area (Å²) in [4.78, 5) is 32.7. The molecule has 8 nitrogen and oxygen atoms in total. The van der Waals surface area contributed by atoms with E-state index in [-0.39, 0.29) is 11.9 Å². The van der Waals surface area contributed by atoms with E-state index < -0.39 is 0 Å². The monoisotopic (exact) mass is 451 g/mol. The predicted octanol–water partition coefficient (Wildman–Crippen LogP) is 2.81. The summed E-state index contributed by atoms with van der Waals surface area (Å²) >= 11 is 1.57. The van der Waals surface area contributed by atoms with Crippen LogP contribution in [-0.4, -0.2) is 88.9 Å². The average Bonchev–Trinajstić information content (AvgIpc) is 3.55. The van der Waals surface area contributed by atoms with Crippen LogP contribution in [0.5, 0.6) is 0 Å². The molecule has 4 heterocycles. The van der Waals surface area contributed by atoms with Gasteiger partial charge in [0.05, 0.1) is 29.3 Å². The van der Waals surface area contributed by atoms with Gasteiger partial charge in [-0.15, -0.1) is 11.3 Å². The van der Waals surface area contributed by atoms with Crippen molar-refractivity contribution < 1.29 is 14.3 Å². The summed E-state index contributed by atoms with van der Waals surface area (Å²) in [6.45, 7) is 4.50. The van der Waals surface area contributed by atoms with Crippen LogP contribution >= 0.6 is 11.3 Å². The van der Waals surface area contributed by atoms with Crippen LogP contribution in [0.1, 0.15) is 10.4 Å². The van der Waals surface area contributed by atoms with Gasteiger partial charge < -0.3 is 19.4 Å². The molecule has 2 saturated heterocycles. The third kappa shape index (κ3) is 4.13. The van der Waals surface area contributed by atoms with Crippen molar-refractivity contribution in [2.75, 3.05) is 52.5 Å². The van der Waals surface area contributed by atoms with Gasteiger partial charge in [-0.25, -0.2) is 9.48 Å². The molecule has 0 unspecified atom stereocenters. The lowest BCUT2D eigenvalue weighted by Gasteiger charge is -2.38. The van der Waals surface area contributed by atoms with E-state index in [4.69, 9.17) is 9.84 Å². The number of para-hydroxylation sites is 1. The van der Waals surface area contributed by atoms with E-state index in [0.29, 0.717) is 63.7 Å². The van der Waals surface area contributed by atoms with E-state index in [1.807, 2.05) is 68.7 Å². The van der Waals surface area contributed by atoms with E-state index in [0.717, 1.165) is 10.6 Å². The normalized spacial score (nSPS) is 16.9. The van der Waals surface area contributed by atoms with Gasteiger partial charge in [-0.2, -0.15) is 5.10 Å². The van der Waals surface area contributed by atoms with Crippen molar-refractivity contribution in [1.82, 2.24) is 24.5 Å². The molecule has 2 aliphatic heterocycles. The van der Waals surface area contributed by atoms with Crippen molar-refractivity contribution in [3.8, 4) is 16.3 Å².